The first-order valence-corrected chi connectivity index (χ1v) is 22.9. The number of imidazole rings is 1. The Bertz CT molecular complexity index is 1830. The normalized spacial score (nSPS) is 52.3. The van der Waals surface area contributed by atoms with Gasteiger partial charge in [-0.25, -0.2) is 9.13 Å². The van der Waals surface area contributed by atoms with Crippen LogP contribution in [0.15, 0.2) is 18.7 Å². The molecule has 0 saturated carbocycles. The Balaban J connectivity index is 1.11. The molecule has 0 amide bonds. The third kappa shape index (κ3) is 10.9. The van der Waals surface area contributed by atoms with Crippen LogP contribution >= 0.6 is 0 Å². The summed E-state index contributed by atoms with van der Waals surface area (Å²) in [4.78, 5) is 0. The molecular formula is C40H65N2O29+. The molecule has 408 valence electrons. The Morgan fingerprint density at radius 3 is 0.732 bits per heavy atom. The number of aliphatic hydroxyl groups excluding tert-OH is 17. The second kappa shape index (κ2) is 23.1. The second-order valence-corrected chi connectivity index (χ2v) is 18.4. The van der Waals surface area contributed by atoms with Crippen molar-refractivity contribution in [1.29, 1.82) is 0 Å². The topological polar surface area (TPSA) is 463 Å². The smallest absolute Gasteiger partial charge is 0.243 e. The van der Waals surface area contributed by atoms with Crippen molar-refractivity contribution < 1.29 is 148 Å². The van der Waals surface area contributed by atoms with E-state index < -0.39 is 217 Å². The Labute approximate surface area is 402 Å². The quantitative estimate of drug-likeness (QED) is 0.113. The van der Waals surface area contributed by atoms with Gasteiger partial charge in [0.2, 0.25) is 6.33 Å². The lowest BCUT2D eigenvalue weighted by Crippen LogP contribution is -2.69. The van der Waals surface area contributed by atoms with Crippen molar-refractivity contribution in [2.45, 2.75) is 191 Å². The molecule has 12 bridgehead atoms. The molecule has 1 aromatic rings. The number of hydrogen-bond acceptors (Lipinski definition) is 29. The maximum atomic E-state index is 11.7. The number of hydrogen-bond donors (Lipinski definition) is 17. The molecule has 0 aliphatic carbocycles. The average molecular weight is 1040 g/mol. The van der Waals surface area contributed by atoms with Crippen LogP contribution in [0, 0.1) is 0 Å². The number of aromatic nitrogens is 2. The predicted octanol–water partition coefficient (Wildman–Crippen LogP) is -12.7. The van der Waals surface area contributed by atoms with E-state index in [1.807, 2.05) is 0 Å². The molecule has 0 radical (unpaired) electrons. The Morgan fingerprint density at radius 1 is 0.324 bits per heavy atom. The molecule has 22 aliphatic rings. The van der Waals surface area contributed by atoms with Crippen molar-refractivity contribution in [1.82, 2.24) is 4.57 Å². The first-order valence-electron chi connectivity index (χ1n) is 22.9. The first-order chi connectivity index (χ1) is 33.8. The lowest BCUT2D eigenvalue weighted by Gasteiger charge is -2.50. The van der Waals surface area contributed by atoms with Crippen LogP contribution in [0.3, 0.4) is 0 Å². The van der Waals surface area contributed by atoms with Gasteiger partial charge in [-0.1, -0.05) is 0 Å². The summed E-state index contributed by atoms with van der Waals surface area (Å²) in [5.74, 6) is 0. The van der Waals surface area contributed by atoms with Crippen molar-refractivity contribution in [2.24, 2.45) is 7.05 Å². The molecule has 0 spiro atoms. The molecule has 23 rings (SSSR count). The van der Waals surface area contributed by atoms with Gasteiger partial charge < -0.3 is 144 Å². The zero-order chi connectivity index (χ0) is 51.3. The maximum absolute atomic E-state index is 11.7. The van der Waals surface area contributed by atoms with Gasteiger partial charge in [0.05, 0.1) is 40.1 Å². The van der Waals surface area contributed by atoms with E-state index in [0.29, 0.717) is 0 Å². The van der Waals surface area contributed by atoms with Crippen molar-refractivity contribution in [3.63, 3.8) is 0 Å². The lowest BCUT2D eigenvalue weighted by molar-refractivity contribution is -0.671. The fourth-order valence-electron chi connectivity index (χ4n) is 9.75. The molecule has 0 unspecified atom stereocenters. The minimum Gasteiger partial charge on any atom is -0.394 e. The monoisotopic (exact) mass is 1040 g/mol. The first kappa shape index (κ1) is 55.3. The molecule has 22 fully saturated rings. The maximum Gasteiger partial charge on any atom is 0.243 e. The van der Waals surface area contributed by atoms with Gasteiger partial charge in [0, 0.05) is 0 Å². The van der Waals surface area contributed by atoms with Gasteiger partial charge in [-0.3, -0.25) is 0 Å². The number of aliphatic hydroxyl groups is 17. The van der Waals surface area contributed by atoms with Crippen molar-refractivity contribution in [2.75, 3.05) is 33.0 Å². The molecule has 31 heteroatoms. The Hall–Kier alpha value is -1.95. The standard InChI is InChI=1S/C40H65N2O29/c1-41-2-3-42(10-41)4-11-29-17(48)23(54)35(60-11)67-30-12(5-43)62-37(25(56)19(30)50)69-32-14(7-45)64-39(27(58)21(32)52)71-34-16(9-47)65-40(28(59)22(34)53)70-33-15(8-46)63-38(26(57)20(33)51)68-31-13(6-44)61-36(66-29)24(55)18(31)49/h2-3,10-40,43-59H,4-9H2,1H3/q+1/t11-,12-,13-,14-,15-,16-,17-,18-,19-,20-,21-,22-,23-,24-,25-,26-,27-,28-,29-,30-,31-,32-,33-,34-,35-,36-,37-,38-,39-,40-/m1/s1. The second-order valence-electron chi connectivity index (χ2n) is 18.4. The SMILES string of the molecule is C[n+]1ccn(C[C@H]2O[C@@H]3O[C@H]4[C@H](O)[C@@H](O)[C@@H](O[C@H]5[C@H](O)[C@@H](O)[C@@H](O[C@H]6[C@H](O)[C@@H](O)[C@@H](O[C@H]7[C@H](O)[C@@H](O)[C@@H](O[C@H]8[C@H](O)[C@@H](O)[C@@H](O[C@H]2[C@H](O)[C@H]3O)O[C@@H]8CO)O[C@@H]7CO)O[C@@H]6CO)O[C@@H]5CO)O[C@@H]4CO)c1. The fourth-order valence-corrected chi connectivity index (χ4v) is 9.75. The molecule has 0 aromatic carbocycles. The molecule has 22 saturated heterocycles. The summed E-state index contributed by atoms with van der Waals surface area (Å²) >= 11 is 0. The summed E-state index contributed by atoms with van der Waals surface area (Å²) < 4.78 is 72.8. The highest BCUT2D eigenvalue weighted by atomic mass is 16.8. The summed E-state index contributed by atoms with van der Waals surface area (Å²) in [7, 11) is 1.69. The highest BCUT2D eigenvalue weighted by Crippen LogP contribution is 2.38. The van der Waals surface area contributed by atoms with E-state index in [-0.39, 0.29) is 6.54 Å². The van der Waals surface area contributed by atoms with Crippen LogP contribution in [0.4, 0.5) is 0 Å². The molecule has 31 nitrogen and oxygen atoms in total. The Morgan fingerprint density at radius 2 is 0.535 bits per heavy atom. The summed E-state index contributed by atoms with van der Waals surface area (Å²) in [6, 6.07) is 0. The molecule has 22 aliphatic heterocycles. The molecule has 71 heavy (non-hydrogen) atoms. The van der Waals surface area contributed by atoms with E-state index in [1.54, 1.807) is 34.9 Å². The number of nitrogens with zero attached hydrogens (tertiary/aromatic N) is 2. The van der Waals surface area contributed by atoms with Crippen molar-refractivity contribution in [3.05, 3.63) is 18.7 Å². The van der Waals surface area contributed by atoms with Crippen LogP contribution in [-0.4, -0.2) is 309 Å². The number of rotatable bonds is 7. The minimum atomic E-state index is -2.14. The summed E-state index contributed by atoms with van der Waals surface area (Å²) in [5, 5.41) is 188. The average Bonchev–Trinajstić information content (AvgIpc) is 3.78. The van der Waals surface area contributed by atoms with Gasteiger partial charge >= 0.3 is 0 Å². The number of ether oxygens (including phenoxy) is 12. The van der Waals surface area contributed by atoms with Gasteiger partial charge in [0.1, 0.15) is 165 Å². The fraction of sp³-hybridized carbons (Fsp3) is 0.925. The van der Waals surface area contributed by atoms with Gasteiger partial charge in [-0.05, 0) is 0 Å². The molecular weight excluding hydrogens is 972 g/mol. The van der Waals surface area contributed by atoms with Crippen LogP contribution in [0.2, 0.25) is 0 Å². The largest absolute Gasteiger partial charge is 0.394 e. The van der Waals surface area contributed by atoms with Crippen molar-refractivity contribution >= 4 is 0 Å². The zero-order valence-corrected chi connectivity index (χ0v) is 37.7. The van der Waals surface area contributed by atoms with Crippen LogP contribution in [-0.2, 0) is 70.4 Å². The highest BCUT2D eigenvalue weighted by molar-refractivity contribution is 5.01. The highest BCUT2D eigenvalue weighted by Gasteiger charge is 2.59. The van der Waals surface area contributed by atoms with E-state index in [9.17, 15) is 86.8 Å². The Kier molecular flexibility index (Phi) is 18.0. The van der Waals surface area contributed by atoms with Crippen LogP contribution < -0.4 is 4.57 Å². The van der Waals surface area contributed by atoms with Crippen LogP contribution in [0.1, 0.15) is 0 Å². The summed E-state index contributed by atoms with van der Waals surface area (Å²) in [6.45, 7) is -5.11. The van der Waals surface area contributed by atoms with Gasteiger partial charge in [-0.2, -0.15) is 0 Å². The van der Waals surface area contributed by atoms with Crippen molar-refractivity contribution in [3.8, 4) is 0 Å². The van der Waals surface area contributed by atoms with Gasteiger partial charge in [-0.15, -0.1) is 0 Å². The van der Waals surface area contributed by atoms with Crippen LogP contribution in [0.25, 0.3) is 0 Å². The molecule has 23 heterocycles. The number of aryl methyl sites for hydroxylation is 1. The van der Waals surface area contributed by atoms with Gasteiger partial charge in [0.25, 0.3) is 0 Å². The minimum absolute atomic E-state index is 0.192. The van der Waals surface area contributed by atoms with E-state index in [2.05, 4.69) is 0 Å². The summed E-state index contributed by atoms with van der Waals surface area (Å²) in [5.41, 5.74) is 0. The van der Waals surface area contributed by atoms with E-state index in [4.69, 9.17) is 56.8 Å². The van der Waals surface area contributed by atoms with Crippen LogP contribution in [0.5, 0.6) is 0 Å². The third-order valence-electron chi connectivity index (χ3n) is 13.7. The molecule has 17 N–H and O–H groups in total. The molecule has 30 atom stereocenters. The van der Waals surface area contributed by atoms with Gasteiger partial charge in [0.15, 0.2) is 37.7 Å². The molecule has 1 aromatic heterocycles. The predicted molar refractivity (Wildman–Crippen MR) is 214 cm³/mol. The van der Waals surface area contributed by atoms with E-state index >= 15 is 0 Å². The summed E-state index contributed by atoms with van der Waals surface area (Å²) in [6.07, 6.45) is -52.6. The van der Waals surface area contributed by atoms with E-state index in [1.165, 1.54) is 0 Å². The zero-order valence-electron chi connectivity index (χ0n) is 37.7. The van der Waals surface area contributed by atoms with E-state index in [0.717, 1.165) is 0 Å². The lowest BCUT2D eigenvalue weighted by atomic mass is 9.94. The third-order valence-corrected chi connectivity index (χ3v) is 13.7.